The number of phenols is 1. The Morgan fingerprint density at radius 3 is 2.38 bits per heavy atom. The van der Waals surface area contributed by atoms with Gasteiger partial charge in [0.05, 0.1) is 61.2 Å². The van der Waals surface area contributed by atoms with E-state index in [9.17, 15) is 15.0 Å². The molecule has 3 aromatic heterocycles. The first kappa shape index (κ1) is 40.6. The lowest BCUT2D eigenvalue weighted by Gasteiger charge is -2.32. The van der Waals surface area contributed by atoms with Gasteiger partial charge in [-0.25, -0.2) is 14.6 Å². The fraction of sp³-hybridized carbons (Fsp3) is 0.267. The van der Waals surface area contributed by atoms with E-state index in [0.717, 1.165) is 70.7 Å². The second-order valence-electron chi connectivity index (χ2n) is 14.5. The molecule has 14 nitrogen and oxygen atoms in total. The van der Waals surface area contributed by atoms with Crippen LogP contribution in [0.5, 0.6) is 23.1 Å². The topological polar surface area (TPSA) is 175 Å². The first-order chi connectivity index (χ1) is 29.2. The lowest BCUT2D eigenvalue weighted by Crippen LogP contribution is -2.37. The number of phenolic OH excluding ortho intramolecular Hbond substituents is 1. The van der Waals surface area contributed by atoms with Crippen molar-refractivity contribution >= 4 is 55.3 Å². The number of anilines is 1. The Hall–Kier alpha value is -6.13. The summed E-state index contributed by atoms with van der Waals surface area (Å²) < 4.78 is 21.9. The van der Waals surface area contributed by atoms with Crippen molar-refractivity contribution in [2.45, 2.75) is 25.8 Å². The minimum absolute atomic E-state index is 0.0590. The van der Waals surface area contributed by atoms with Crippen molar-refractivity contribution in [3.05, 3.63) is 119 Å². The lowest BCUT2D eigenvalue weighted by atomic mass is 10.0. The number of hydrogen-bond acceptors (Lipinski definition) is 12. The first-order valence-electron chi connectivity index (χ1n) is 19.8. The third-order valence-corrected chi connectivity index (χ3v) is 11.0. The molecule has 4 heterocycles. The number of halogens is 1. The van der Waals surface area contributed by atoms with Gasteiger partial charge in [-0.1, -0.05) is 46.3 Å². The number of aromatic nitrogens is 5. The van der Waals surface area contributed by atoms with E-state index in [2.05, 4.69) is 30.8 Å². The van der Waals surface area contributed by atoms with E-state index in [0.29, 0.717) is 60.0 Å². The van der Waals surface area contributed by atoms with Crippen LogP contribution in [0.2, 0.25) is 0 Å². The van der Waals surface area contributed by atoms with Crippen LogP contribution in [0.15, 0.2) is 113 Å². The summed E-state index contributed by atoms with van der Waals surface area (Å²) >= 11 is 3.51. The molecule has 15 heteroatoms. The molecule has 7 aromatic rings. The van der Waals surface area contributed by atoms with Crippen LogP contribution >= 0.6 is 15.9 Å². The molecule has 1 aliphatic rings. The number of nitrogens with zero attached hydrogens (tertiary/aromatic N) is 7. The van der Waals surface area contributed by atoms with Gasteiger partial charge in [-0.2, -0.15) is 5.10 Å². The predicted molar refractivity (Wildman–Crippen MR) is 234 cm³/mol. The smallest absolute Gasteiger partial charge is 0.230 e. The predicted octanol–water partition coefficient (Wildman–Crippen LogP) is 7.86. The SMILES string of the molecule is CC(=O)n1c(O)c(C(=NCCOCCOCCN2CCC(n3nc(-c4ccc(Oc5ccccc5)cc4)c4c(N)ncnc43)CC2)c2cccc(O)c2)c2cc(Br)ccc21. The Bertz CT molecular complexity index is 2640. The molecule has 0 saturated carbocycles. The minimum Gasteiger partial charge on any atom is -0.508 e. The van der Waals surface area contributed by atoms with Crippen molar-refractivity contribution in [3.63, 3.8) is 0 Å². The number of carbonyl (C=O) groups excluding carboxylic acids is 1. The molecule has 1 aliphatic heterocycles. The van der Waals surface area contributed by atoms with Crippen LogP contribution in [0.1, 0.15) is 41.7 Å². The van der Waals surface area contributed by atoms with Gasteiger partial charge in [-0.15, -0.1) is 0 Å². The van der Waals surface area contributed by atoms with Crippen LogP contribution in [0.3, 0.4) is 0 Å². The molecule has 0 amide bonds. The van der Waals surface area contributed by atoms with Gasteiger partial charge in [-0.05, 0) is 79.6 Å². The fourth-order valence-corrected chi connectivity index (χ4v) is 8.01. The highest BCUT2D eigenvalue weighted by molar-refractivity contribution is 9.10. The standard InChI is InChI=1S/C45H45BrN8O6/c1-29(55)53-38-15-12-32(46)27-37(38)39(45(53)57)41(31-6-5-7-34(56)26-31)48-18-22-58-24-25-59-23-21-52-19-16-33(17-20-52)54-44-40(43(47)49-28-50-44)42(51-54)30-10-13-36(14-11-30)60-35-8-3-2-4-9-35/h2-15,26-28,33,56-57H,16-25H2,1H3,(H2,47,49,50). The first-order valence-corrected chi connectivity index (χ1v) is 20.6. The van der Waals surface area contributed by atoms with E-state index < -0.39 is 0 Å². The maximum Gasteiger partial charge on any atom is 0.230 e. The number of fused-ring (bicyclic) bond motifs is 2. The fourth-order valence-electron chi connectivity index (χ4n) is 7.65. The van der Waals surface area contributed by atoms with Crippen molar-refractivity contribution in [2.75, 3.05) is 58.3 Å². The second-order valence-corrected chi connectivity index (χ2v) is 15.4. The summed E-state index contributed by atoms with van der Waals surface area (Å²) in [6, 6.07) is 29.7. The Kier molecular flexibility index (Phi) is 12.5. The van der Waals surface area contributed by atoms with Crippen LogP contribution in [-0.2, 0) is 9.47 Å². The number of aromatic hydroxyl groups is 2. The largest absolute Gasteiger partial charge is 0.508 e. The normalized spacial score (nSPS) is 14.0. The van der Waals surface area contributed by atoms with Crippen molar-refractivity contribution in [2.24, 2.45) is 4.99 Å². The number of likely N-dealkylation sites (tertiary alicyclic amines) is 1. The molecule has 1 fully saturated rings. The molecule has 308 valence electrons. The number of benzene rings is 4. The number of rotatable bonds is 15. The van der Waals surface area contributed by atoms with Gasteiger partial charge in [0.15, 0.2) is 5.65 Å². The van der Waals surface area contributed by atoms with Gasteiger partial charge in [0.25, 0.3) is 0 Å². The third kappa shape index (κ3) is 8.89. The molecule has 8 rings (SSSR count). The molecule has 0 spiro atoms. The van der Waals surface area contributed by atoms with Crippen molar-refractivity contribution in [1.29, 1.82) is 0 Å². The van der Waals surface area contributed by atoms with E-state index >= 15 is 0 Å². The van der Waals surface area contributed by atoms with Crippen LogP contribution in [0, 0.1) is 0 Å². The van der Waals surface area contributed by atoms with Crippen molar-refractivity contribution in [1.82, 2.24) is 29.2 Å². The van der Waals surface area contributed by atoms with Gasteiger partial charge in [0.2, 0.25) is 11.8 Å². The number of nitrogen functional groups attached to an aromatic ring is 1. The van der Waals surface area contributed by atoms with Crippen LogP contribution in [0.4, 0.5) is 5.82 Å². The van der Waals surface area contributed by atoms with E-state index in [1.165, 1.54) is 17.8 Å². The Labute approximate surface area is 355 Å². The van der Waals surface area contributed by atoms with E-state index in [1.54, 1.807) is 30.3 Å². The highest BCUT2D eigenvalue weighted by Gasteiger charge is 2.27. The average Bonchev–Trinajstić information content (AvgIpc) is 3.78. The number of ether oxygens (including phenoxy) is 3. The van der Waals surface area contributed by atoms with Crippen molar-refractivity contribution < 1.29 is 29.2 Å². The minimum atomic E-state index is -0.332. The molecule has 0 atom stereocenters. The Balaban J connectivity index is 0.821. The van der Waals surface area contributed by atoms with Crippen LogP contribution in [0.25, 0.3) is 33.2 Å². The molecule has 0 unspecified atom stereocenters. The summed E-state index contributed by atoms with van der Waals surface area (Å²) in [6.45, 7) is 5.97. The highest BCUT2D eigenvalue weighted by atomic mass is 79.9. The van der Waals surface area contributed by atoms with Gasteiger partial charge in [0.1, 0.15) is 35.1 Å². The molecule has 0 aliphatic carbocycles. The molecule has 1 saturated heterocycles. The zero-order valence-electron chi connectivity index (χ0n) is 33.1. The molecule has 0 radical (unpaired) electrons. The Morgan fingerprint density at radius 1 is 0.883 bits per heavy atom. The van der Waals surface area contributed by atoms with Gasteiger partial charge in [0, 0.05) is 47.5 Å². The molecule has 0 bridgehead atoms. The van der Waals surface area contributed by atoms with Crippen molar-refractivity contribution in [3.8, 4) is 34.4 Å². The summed E-state index contributed by atoms with van der Waals surface area (Å²) in [4.78, 5) is 28.7. The molecule has 60 heavy (non-hydrogen) atoms. The number of piperidine rings is 1. The zero-order valence-corrected chi connectivity index (χ0v) is 34.7. The number of hydrogen-bond donors (Lipinski definition) is 3. The molecular weight excluding hydrogens is 828 g/mol. The number of aliphatic imine (C=N–C) groups is 1. The highest BCUT2D eigenvalue weighted by Crippen LogP contribution is 2.37. The summed E-state index contributed by atoms with van der Waals surface area (Å²) in [6.07, 6.45) is 3.31. The molecular formula is C45H45BrN8O6. The Morgan fingerprint density at radius 2 is 1.63 bits per heavy atom. The lowest BCUT2D eigenvalue weighted by molar-refractivity contribution is 0.0371. The second kappa shape index (κ2) is 18.4. The molecule has 4 aromatic carbocycles. The number of carbonyl (C=O) groups is 1. The molecule has 4 N–H and O–H groups in total. The van der Waals surface area contributed by atoms with Crippen LogP contribution < -0.4 is 10.5 Å². The van der Waals surface area contributed by atoms with E-state index in [-0.39, 0.29) is 30.1 Å². The number of para-hydroxylation sites is 1. The van der Waals surface area contributed by atoms with E-state index in [1.807, 2.05) is 71.4 Å². The number of nitrogens with two attached hydrogens (primary N) is 1. The van der Waals surface area contributed by atoms with Gasteiger partial charge >= 0.3 is 0 Å². The van der Waals surface area contributed by atoms with Crippen LogP contribution in [-0.4, -0.2) is 104 Å². The monoisotopic (exact) mass is 872 g/mol. The summed E-state index contributed by atoms with van der Waals surface area (Å²) in [5.74, 6) is 1.42. The maximum atomic E-state index is 12.6. The van der Waals surface area contributed by atoms with Gasteiger partial charge in [-0.3, -0.25) is 14.4 Å². The third-order valence-electron chi connectivity index (χ3n) is 10.5. The summed E-state index contributed by atoms with van der Waals surface area (Å²) in [5.41, 5.74) is 10.8. The summed E-state index contributed by atoms with van der Waals surface area (Å²) in [7, 11) is 0. The maximum absolute atomic E-state index is 12.6. The zero-order chi connectivity index (χ0) is 41.6. The van der Waals surface area contributed by atoms with Gasteiger partial charge < -0.3 is 35.1 Å². The van der Waals surface area contributed by atoms with E-state index in [4.69, 9.17) is 30.0 Å². The summed E-state index contributed by atoms with van der Waals surface area (Å²) in [5, 5.41) is 28.0. The quantitative estimate of drug-likeness (QED) is 0.0676. The average molecular weight is 874 g/mol.